The monoisotopic (exact) mass is 389 g/mol. The summed E-state index contributed by atoms with van der Waals surface area (Å²) in [6, 6.07) is 18.2. The highest BCUT2D eigenvalue weighted by atomic mass is 16.5. The Kier molecular flexibility index (Phi) is 6.81. The molecule has 0 aromatic heterocycles. The molecule has 0 atom stereocenters. The third-order valence-electron chi connectivity index (χ3n) is 5.24. The van der Waals surface area contributed by atoms with Crippen molar-refractivity contribution in [3.63, 3.8) is 0 Å². The number of piperidine rings is 1. The molecule has 5 nitrogen and oxygen atoms in total. The lowest BCUT2D eigenvalue weighted by Crippen LogP contribution is -2.31. The van der Waals surface area contributed by atoms with Gasteiger partial charge in [0.15, 0.2) is 0 Å². The summed E-state index contributed by atoms with van der Waals surface area (Å²) in [5.74, 6) is 1.58. The van der Waals surface area contributed by atoms with Gasteiger partial charge < -0.3 is 20.3 Å². The Labute approximate surface area is 173 Å². The van der Waals surface area contributed by atoms with E-state index in [1.165, 1.54) is 32.4 Å². The van der Waals surface area contributed by atoms with Crippen LogP contribution in [0, 0.1) is 6.54 Å². The van der Waals surface area contributed by atoms with Gasteiger partial charge in [-0.25, -0.2) is 4.99 Å². The number of nitrogens with zero attached hydrogens (tertiary/aromatic N) is 2. The molecule has 2 aromatic carbocycles. The molecule has 2 aliphatic heterocycles. The maximum Gasteiger partial charge on any atom is 0.201 e. The topological polar surface area (TPSA) is 48.9 Å². The maximum absolute atomic E-state index is 5.96. The predicted molar refractivity (Wildman–Crippen MR) is 120 cm³/mol. The first-order valence-electron chi connectivity index (χ1n) is 10.5. The van der Waals surface area contributed by atoms with E-state index in [1.807, 2.05) is 55.2 Å². The van der Waals surface area contributed by atoms with Crippen LogP contribution in [-0.4, -0.2) is 37.1 Å². The molecular formula is C24H29N4O. The number of ether oxygens (including phenoxy) is 1. The highest BCUT2D eigenvalue weighted by Crippen LogP contribution is 2.20. The summed E-state index contributed by atoms with van der Waals surface area (Å²) in [4.78, 5) is 7.04. The van der Waals surface area contributed by atoms with Crippen LogP contribution in [0.1, 0.15) is 31.2 Å². The molecule has 4 rings (SSSR count). The molecule has 0 amide bonds. The van der Waals surface area contributed by atoms with Gasteiger partial charge in [-0.1, -0.05) is 42.8 Å². The first-order valence-corrected chi connectivity index (χ1v) is 10.5. The SMILES string of the molecule is [CH]1NC(Nc2cccc(OCCCN3CCCCC3)c2)=NC=C1c1ccccc1. The lowest BCUT2D eigenvalue weighted by Gasteiger charge is -2.26. The Morgan fingerprint density at radius 3 is 2.66 bits per heavy atom. The van der Waals surface area contributed by atoms with Gasteiger partial charge in [0.05, 0.1) is 13.2 Å². The fraction of sp³-hybridized carbons (Fsp3) is 0.333. The van der Waals surface area contributed by atoms with Crippen molar-refractivity contribution in [2.24, 2.45) is 4.99 Å². The van der Waals surface area contributed by atoms with Crippen molar-refractivity contribution in [2.75, 3.05) is 31.6 Å². The average molecular weight is 390 g/mol. The van der Waals surface area contributed by atoms with Gasteiger partial charge in [0.25, 0.3) is 0 Å². The van der Waals surface area contributed by atoms with E-state index in [0.29, 0.717) is 5.96 Å². The number of guanidine groups is 1. The van der Waals surface area contributed by atoms with Gasteiger partial charge >= 0.3 is 0 Å². The normalized spacial score (nSPS) is 17.1. The lowest BCUT2D eigenvalue weighted by atomic mass is 10.1. The van der Waals surface area contributed by atoms with Crippen molar-refractivity contribution in [3.8, 4) is 5.75 Å². The number of aliphatic imine (C=N–C) groups is 1. The summed E-state index contributed by atoms with van der Waals surface area (Å²) >= 11 is 0. The van der Waals surface area contributed by atoms with Crippen LogP contribution in [0.3, 0.4) is 0 Å². The van der Waals surface area contributed by atoms with Gasteiger partial charge in [-0.15, -0.1) is 0 Å². The van der Waals surface area contributed by atoms with E-state index in [0.717, 1.165) is 42.1 Å². The number of nitrogens with one attached hydrogen (secondary N) is 2. The third kappa shape index (κ3) is 5.84. The lowest BCUT2D eigenvalue weighted by molar-refractivity contribution is 0.205. The molecule has 1 fully saturated rings. The van der Waals surface area contributed by atoms with E-state index in [1.54, 1.807) is 0 Å². The second kappa shape index (κ2) is 10.1. The summed E-state index contributed by atoms with van der Waals surface area (Å²) in [5, 5.41) is 6.53. The molecule has 29 heavy (non-hydrogen) atoms. The Bertz CT molecular complexity index is 841. The van der Waals surface area contributed by atoms with E-state index in [4.69, 9.17) is 4.74 Å². The van der Waals surface area contributed by atoms with Gasteiger partial charge in [-0.2, -0.15) is 0 Å². The summed E-state index contributed by atoms with van der Waals surface area (Å²) in [7, 11) is 0. The number of hydrogen-bond acceptors (Lipinski definition) is 5. The molecule has 2 aromatic rings. The minimum Gasteiger partial charge on any atom is -0.493 e. The second-order valence-corrected chi connectivity index (χ2v) is 7.47. The fourth-order valence-corrected chi connectivity index (χ4v) is 3.67. The van der Waals surface area contributed by atoms with Crippen LogP contribution in [-0.2, 0) is 0 Å². The van der Waals surface area contributed by atoms with E-state index >= 15 is 0 Å². The summed E-state index contributed by atoms with van der Waals surface area (Å²) in [5.41, 5.74) is 3.15. The van der Waals surface area contributed by atoms with Crippen LogP contribution < -0.4 is 15.4 Å². The third-order valence-corrected chi connectivity index (χ3v) is 5.24. The minimum atomic E-state index is 0.701. The first kappa shape index (κ1) is 19.5. The van der Waals surface area contributed by atoms with Gasteiger partial charge in [0.1, 0.15) is 5.75 Å². The van der Waals surface area contributed by atoms with Crippen LogP contribution in [0.2, 0.25) is 0 Å². The van der Waals surface area contributed by atoms with Gasteiger partial charge in [-0.05, 0) is 50.0 Å². The smallest absolute Gasteiger partial charge is 0.201 e. The number of likely N-dealkylation sites (tertiary alicyclic amines) is 1. The van der Waals surface area contributed by atoms with Crippen molar-refractivity contribution < 1.29 is 4.74 Å². The highest BCUT2D eigenvalue weighted by molar-refractivity contribution is 5.98. The minimum absolute atomic E-state index is 0.701. The maximum atomic E-state index is 5.96. The molecule has 5 heteroatoms. The molecule has 0 saturated carbocycles. The second-order valence-electron chi connectivity index (χ2n) is 7.47. The standard InChI is InChI=1S/C24H29N4O/c1-3-9-20(10-4-1)21-18-25-24(26-19-21)27-22-11-7-12-23(17-22)29-16-8-15-28-13-5-2-6-14-28/h1,3-4,7,9-12,17-19H,2,5-6,8,13-16H2,(H2,25,26,27). The van der Waals surface area contributed by atoms with Crippen molar-refractivity contribution >= 4 is 17.2 Å². The molecule has 1 radical (unpaired) electrons. The van der Waals surface area contributed by atoms with E-state index in [-0.39, 0.29) is 0 Å². The zero-order valence-electron chi connectivity index (χ0n) is 16.8. The van der Waals surface area contributed by atoms with Crippen LogP contribution >= 0.6 is 0 Å². The Hall–Kier alpha value is -2.79. The molecule has 0 unspecified atom stereocenters. The molecule has 0 spiro atoms. The predicted octanol–water partition coefficient (Wildman–Crippen LogP) is 4.52. The molecular weight excluding hydrogens is 360 g/mol. The molecule has 1 saturated heterocycles. The fourth-order valence-electron chi connectivity index (χ4n) is 3.67. The van der Waals surface area contributed by atoms with Crippen molar-refractivity contribution in [1.82, 2.24) is 10.2 Å². The van der Waals surface area contributed by atoms with Crippen molar-refractivity contribution in [3.05, 3.63) is 72.9 Å². The Morgan fingerprint density at radius 2 is 1.86 bits per heavy atom. The summed E-state index contributed by atoms with van der Waals surface area (Å²) in [6.07, 6.45) is 7.00. The average Bonchev–Trinajstić information content (AvgIpc) is 2.79. The van der Waals surface area contributed by atoms with Gasteiger partial charge in [0, 0.05) is 30.1 Å². The van der Waals surface area contributed by atoms with Crippen LogP contribution in [0.15, 0.2) is 65.8 Å². The zero-order valence-corrected chi connectivity index (χ0v) is 16.8. The Balaban J connectivity index is 1.26. The van der Waals surface area contributed by atoms with E-state index in [9.17, 15) is 0 Å². The van der Waals surface area contributed by atoms with Crippen LogP contribution in [0.25, 0.3) is 5.57 Å². The number of rotatable bonds is 7. The molecule has 0 aliphatic carbocycles. The molecule has 151 valence electrons. The van der Waals surface area contributed by atoms with Crippen LogP contribution in [0.5, 0.6) is 5.75 Å². The van der Waals surface area contributed by atoms with E-state index in [2.05, 4.69) is 32.7 Å². The summed E-state index contributed by atoms with van der Waals surface area (Å²) < 4.78 is 5.96. The van der Waals surface area contributed by atoms with E-state index < -0.39 is 0 Å². The highest BCUT2D eigenvalue weighted by Gasteiger charge is 2.11. The van der Waals surface area contributed by atoms with Crippen molar-refractivity contribution in [2.45, 2.75) is 25.7 Å². The van der Waals surface area contributed by atoms with Crippen molar-refractivity contribution in [1.29, 1.82) is 0 Å². The van der Waals surface area contributed by atoms with Gasteiger partial charge in [-0.3, -0.25) is 0 Å². The number of benzene rings is 2. The molecule has 0 bridgehead atoms. The Morgan fingerprint density at radius 1 is 1.00 bits per heavy atom. The largest absolute Gasteiger partial charge is 0.493 e. The molecule has 2 aliphatic rings. The molecule has 2 heterocycles. The quantitative estimate of drug-likeness (QED) is 0.684. The number of anilines is 1. The first-order chi connectivity index (χ1) is 14.4. The van der Waals surface area contributed by atoms with Crippen LogP contribution in [0.4, 0.5) is 5.69 Å². The summed E-state index contributed by atoms with van der Waals surface area (Å²) in [6.45, 7) is 6.32. The zero-order chi connectivity index (χ0) is 19.7. The van der Waals surface area contributed by atoms with Gasteiger partial charge in [0.2, 0.25) is 5.96 Å². The molecule has 2 N–H and O–H groups in total. The number of hydrogen-bond donors (Lipinski definition) is 2.